The van der Waals surface area contributed by atoms with Gasteiger partial charge in [0.2, 0.25) is 5.91 Å². The molecule has 5 heterocycles. The van der Waals surface area contributed by atoms with E-state index in [9.17, 15) is 4.79 Å². The van der Waals surface area contributed by atoms with Crippen LogP contribution in [0.4, 0.5) is 5.82 Å². The fourth-order valence-corrected chi connectivity index (χ4v) is 4.80. The van der Waals surface area contributed by atoms with Crippen LogP contribution in [0.1, 0.15) is 35.5 Å². The summed E-state index contributed by atoms with van der Waals surface area (Å²) in [5, 5.41) is 7.37. The molecule has 3 fully saturated rings. The van der Waals surface area contributed by atoms with Crippen LogP contribution in [-0.4, -0.2) is 63.8 Å². The summed E-state index contributed by atoms with van der Waals surface area (Å²) in [6, 6.07) is 7.43. The average Bonchev–Trinajstić information content (AvgIpc) is 3.59. The first-order valence-corrected chi connectivity index (χ1v) is 11.5. The number of likely N-dealkylation sites (N-methyl/N-ethyl adjacent to an activating group) is 1. The highest BCUT2D eigenvalue weighted by Crippen LogP contribution is 2.35. The van der Waals surface area contributed by atoms with Crippen LogP contribution in [0.2, 0.25) is 0 Å². The van der Waals surface area contributed by atoms with Crippen LogP contribution in [0.3, 0.4) is 0 Å². The summed E-state index contributed by atoms with van der Waals surface area (Å²) < 4.78 is 37.7. The lowest BCUT2D eigenvalue weighted by Gasteiger charge is -2.46. The quantitative estimate of drug-likeness (QED) is 0.643. The molecular formula is C25H29N5O3. The van der Waals surface area contributed by atoms with E-state index in [1.807, 2.05) is 37.4 Å². The maximum atomic E-state index is 12.1. The number of piperidine rings is 1. The molecule has 33 heavy (non-hydrogen) atoms. The molecule has 2 bridgehead atoms. The van der Waals surface area contributed by atoms with Crippen molar-refractivity contribution in [1.29, 1.82) is 0 Å². The Morgan fingerprint density at radius 2 is 2.06 bits per heavy atom. The Kier molecular flexibility index (Phi) is 4.30. The van der Waals surface area contributed by atoms with Crippen molar-refractivity contribution >= 4 is 17.2 Å². The molecule has 1 unspecified atom stereocenters. The van der Waals surface area contributed by atoms with Gasteiger partial charge in [-0.05, 0) is 50.5 Å². The first-order chi connectivity index (χ1) is 17.2. The third-order valence-electron chi connectivity index (χ3n) is 6.75. The number of aromatic nitrogens is 3. The summed E-state index contributed by atoms with van der Waals surface area (Å²) in [5.41, 5.74) is 3.59. The topological polar surface area (TPSA) is 81.0 Å². The second-order valence-corrected chi connectivity index (χ2v) is 9.36. The van der Waals surface area contributed by atoms with Crippen molar-refractivity contribution in [3.05, 3.63) is 42.4 Å². The van der Waals surface area contributed by atoms with Crippen LogP contribution in [0, 0.1) is 12.8 Å². The number of amides is 1. The maximum absolute atomic E-state index is 12.1. The minimum Gasteiger partial charge on any atom is -0.488 e. The number of rotatable bonds is 5. The molecule has 1 aliphatic carbocycles. The Morgan fingerprint density at radius 3 is 2.82 bits per heavy atom. The average molecular weight is 451 g/mol. The molecule has 3 aliphatic rings. The van der Waals surface area contributed by atoms with Gasteiger partial charge in [-0.15, -0.1) is 0 Å². The van der Waals surface area contributed by atoms with E-state index in [0.29, 0.717) is 37.6 Å². The van der Waals surface area contributed by atoms with E-state index in [0.717, 1.165) is 35.2 Å². The first kappa shape index (κ1) is 17.5. The number of morpholine rings is 1. The molecule has 2 saturated heterocycles. The Labute approximate surface area is 197 Å². The van der Waals surface area contributed by atoms with E-state index >= 15 is 0 Å². The molecule has 1 amide bonds. The molecule has 8 heteroatoms. The van der Waals surface area contributed by atoms with Gasteiger partial charge in [0.15, 0.2) is 5.82 Å². The van der Waals surface area contributed by atoms with Gasteiger partial charge in [0.1, 0.15) is 11.9 Å². The second-order valence-electron chi connectivity index (χ2n) is 9.36. The van der Waals surface area contributed by atoms with Crippen molar-refractivity contribution in [2.24, 2.45) is 5.92 Å². The van der Waals surface area contributed by atoms with Crippen molar-refractivity contribution in [2.45, 2.75) is 50.8 Å². The molecule has 172 valence electrons. The van der Waals surface area contributed by atoms with Gasteiger partial charge in [-0.1, -0.05) is 0 Å². The number of hydrogen-bond acceptors (Lipinski definition) is 6. The van der Waals surface area contributed by atoms with Gasteiger partial charge in [-0.2, -0.15) is 5.10 Å². The second kappa shape index (κ2) is 8.11. The van der Waals surface area contributed by atoms with Crippen LogP contribution in [-0.2, 0) is 9.53 Å². The van der Waals surface area contributed by atoms with Crippen molar-refractivity contribution < 1.29 is 18.4 Å². The highest BCUT2D eigenvalue weighted by Gasteiger charge is 2.38. The SMILES string of the molecule is [2H]C([2H])([2H])N1[C@@H]2COC[C@H]1CC(Oc1cnc(C)cc1-c1ccn3nc(NC(=O)C4CC4)cc3c1)C2. The molecule has 1 saturated carbocycles. The number of nitrogens with one attached hydrogen (secondary N) is 1. The van der Waals surface area contributed by atoms with E-state index in [1.54, 1.807) is 15.6 Å². The highest BCUT2D eigenvalue weighted by atomic mass is 16.5. The maximum Gasteiger partial charge on any atom is 0.228 e. The van der Waals surface area contributed by atoms with E-state index in [4.69, 9.17) is 13.6 Å². The van der Waals surface area contributed by atoms with Gasteiger partial charge in [-0.3, -0.25) is 14.7 Å². The summed E-state index contributed by atoms with van der Waals surface area (Å²) in [7, 11) is 0. The van der Waals surface area contributed by atoms with Gasteiger partial charge in [-0.25, -0.2) is 4.52 Å². The third-order valence-corrected chi connectivity index (χ3v) is 6.75. The molecule has 1 N–H and O–H groups in total. The Morgan fingerprint density at radius 1 is 1.24 bits per heavy atom. The summed E-state index contributed by atoms with van der Waals surface area (Å²) in [5.74, 6) is 1.35. The van der Waals surface area contributed by atoms with Gasteiger partial charge >= 0.3 is 0 Å². The van der Waals surface area contributed by atoms with Gasteiger partial charge in [0.25, 0.3) is 0 Å². The van der Waals surface area contributed by atoms with Gasteiger partial charge < -0.3 is 14.8 Å². The molecule has 3 aromatic heterocycles. The fourth-order valence-electron chi connectivity index (χ4n) is 4.80. The molecule has 0 aromatic carbocycles. The van der Waals surface area contributed by atoms with E-state index in [1.165, 1.54) is 0 Å². The van der Waals surface area contributed by atoms with Crippen molar-refractivity contribution in [3.63, 3.8) is 0 Å². The lowest BCUT2D eigenvalue weighted by Crippen LogP contribution is -2.57. The number of anilines is 1. The van der Waals surface area contributed by atoms with E-state index in [2.05, 4.69) is 15.4 Å². The van der Waals surface area contributed by atoms with Crippen LogP contribution in [0.25, 0.3) is 16.6 Å². The number of nitrogens with zero attached hydrogens (tertiary/aromatic N) is 4. The number of aryl methyl sites for hydroxylation is 1. The Hall–Kier alpha value is -2.97. The molecular weight excluding hydrogens is 418 g/mol. The van der Waals surface area contributed by atoms with Crippen molar-refractivity contribution in [3.8, 4) is 16.9 Å². The Bertz CT molecular complexity index is 1290. The smallest absolute Gasteiger partial charge is 0.228 e. The first-order valence-electron chi connectivity index (χ1n) is 13.0. The molecule has 0 spiro atoms. The van der Waals surface area contributed by atoms with Crippen LogP contribution in [0.5, 0.6) is 5.75 Å². The summed E-state index contributed by atoms with van der Waals surface area (Å²) >= 11 is 0. The predicted octanol–water partition coefficient (Wildman–Crippen LogP) is 3.29. The molecule has 6 rings (SSSR count). The molecule has 8 nitrogen and oxygen atoms in total. The monoisotopic (exact) mass is 450 g/mol. The largest absolute Gasteiger partial charge is 0.488 e. The summed E-state index contributed by atoms with van der Waals surface area (Å²) in [4.78, 5) is 18.2. The lowest BCUT2D eigenvalue weighted by atomic mass is 9.92. The zero-order chi connectivity index (χ0) is 25.0. The number of carbonyl (C=O) groups is 1. The zero-order valence-electron chi connectivity index (χ0n) is 21.5. The van der Waals surface area contributed by atoms with Crippen LogP contribution < -0.4 is 10.1 Å². The highest BCUT2D eigenvalue weighted by molar-refractivity contribution is 5.93. The van der Waals surface area contributed by atoms with Crippen molar-refractivity contribution in [2.75, 3.05) is 25.5 Å². The zero-order valence-corrected chi connectivity index (χ0v) is 18.5. The Balaban J connectivity index is 1.25. The van der Waals surface area contributed by atoms with E-state index in [-0.39, 0.29) is 30.0 Å². The summed E-state index contributed by atoms with van der Waals surface area (Å²) in [6.45, 7) is 0.585. The van der Waals surface area contributed by atoms with Crippen molar-refractivity contribution in [1.82, 2.24) is 19.5 Å². The molecule has 2 aliphatic heterocycles. The molecule has 3 atom stereocenters. The van der Waals surface area contributed by atoms with Crippen LogP contribution >= 0.6 is 0 Å². The third kappa shape index (κ3) is 4.09. The predicted molar refractivity (Wildman–Crippen MR) is 124 cm³/mol. The lowest BCUT2D eigenvalue weighted by molar-refractivity contribution is -0.117. The number of pyridine rings is 2. The van der Waals surface area contributed by atoms with Gasteiger partial charge in [0.05, 0.1) is 24.9 Å². The minimum absolute atomic E-state index is 0.0266. The van der Waals surface area contributed by atoms with E-state index < -0.39 is 6.98 Å². The summed E-state index contributed by atoms with van der Waals surface area (Å²) in [6.07, 6.45) is 6.52. The number of carbonyl (C=O) groups excluding carboxylic acids is 1. The molecule has 3 aromatic rings. The normalized spacial score (nSPS) is 26.9. The standard InChI is InChI=1S/C25H29N5O3/c1-15-7-22(23(12-26-15)33-21-9-19-13-32-14-20(10-21)29(19)2)17-5-6-30-18(8-17)11-24(28-30)27-25(31)16-3-4-16/h5-8,11-12,16,19-21H,3-4,9-10,13-14H2,1-2H3,(H,27,28,31)/t19-,20+,21?/i2D3. The number of fused-ring (bicyclic) bond motifs is 3. The number of ether oxygens (including phenoxy) is 2. The fraction of sp³-hybridized carbons (Fsp3) is 0.480. The number of hydrogen-bond donors (Lipinski definition) is 1. The van der Waals surface area contributed by atoms with Gasteiger partial charge in [0, 0.05) is 58.5 Å². The van der Waals surface area contributed by atoms with Crippen LogP contribution in [0.15, 0.2) is 36.7 Å². The molecule has 0 radical (unpaired) electrons. The minimum atomic E-state index is -2.14.